The van der Waals surface area contributed by atoms with E-state index < -0.39 is 5.60 Å². The van der Waals surface area contributed by atoms with Gasteiger partial charge < -0.3 is 4.74 Å². The van der Waals surface area contributed by atoms with Crippen molar-refractivity contribution in [2.24, 2.45) is 0 Å². The predicted molar refractivity (Wildman–Crippen MR) is 78.9 cm³/mol. The Labute approximate surface area is 119 Å². The Bertz CT molecular complexity index is 624. The Hall–Kier alpha value is -1.74. The molecule has 1 aliphatic carbocycles. The summed E-state index contributed by atoms with van der Waals surface area (Å²) in [6.45, 7) is 2.53. The molecule has 3 rings (SSSR count). The summed E-state index contributed by atoms with van der Waals surface area (Å²) in [5.74, 6) is 0.0983. The maximum absolute atomic E-state index is 13.0. The van der Waals surface area contributed by atoms with Crippen LogP contribution in [-0.2, 0) is 4.74 Å². The fourth-order valence-electron chi connectivity index (χ4n) is 3.19. The molecule has 0 N–H and O–H groups in total. The number of ether oxygens (including phenoxy) is 1. The van der Waals surface area contributed by atoms with Crippen LogP contribution in [0.5, 0.6) is 0 Å². The maximum atomic E-state index is 13.0. The molecule has 2 aromatic rings. The topological polar surface area (TPSA) is 39.2 Å². The van der Waals surface area contributed by atoms with Crippen molar-refractivity contribution in [2.45, 2.75) is 38.2 Å². The molecular formula is C17H19NO2. The number of ketones is 1. The van der Waals surface area contributed by atoms with Crippen molar-refractivity contribution in [3.8, 4) is 0 Å². The highest BCUT2D eigenvalue weighted by molar-refractivity contribution is 6.10. The van der Waals surface area contributed by atoms with E-state index in [0.717, 1.165) is 36.6 Å². The van der Waals surface area contributed by atoms with Gasteiger partial charge >= 0.3 is 0 Å². The minimum absolute atomic E-state index is 0.0983. The second kappa shape index (κ2) is 5.33. The molecule has 20 heavy (non-hydrogen) atoms. The van der Waals surface area contributed by atoms with E-state index in [2.05, 4.69) is 4.98 Å². The van der Waals surface area contributed by atoms with Crippen molar-refractivity contribution in [2.75, 3.05) is 6.61 Å². The zero-order valence-electron chi connectivity index (χ0n) is 11.8. The first-order valence-corrected chi connectivity index (χ1v) is 7.29. The summed E-state index contributed by atoms with van der Waals surface area (Å²) in [6, 6.07) is 9.66. The van der Waals surface area contributed by atoms with E-state index in [1.54, 1.807) is 6.20 Å². The lowest BCUT2D eigenvalue weighted by Gasteiger charge is -2.27. The van der Waals surface area contributed by atoms with Crippen LogP contribution in [0.2, 0.25) is 0 Å². The first-order valence-electron chi connectivity index (χ1n) is 7.29. The van der Waals surface area contributed by atoms with Crippen molar-refractivity contribution < 1.29 is 9.53 Å². The van der Waals surface area contributed by atoms with Crippen molar-refractivity contribution >= 4 is 16.7 Å². The highest BCUT2D eigenvalue weighted by Gasteiger charge is 2.42. The summed E-state index contributed by atoms with van der Waals surface area (Å²) in [5, 5.41) is 1.00. The summed E-state index contributed by atoms with van der Waals surface area (Å²) in [7, 11) is 0. The number of hydrogen-bond donors (Lipinski definition) is 0. The first kappa shape index (κ1) is 13.3. The molecule has 0 unspecified atom stereocenters. The number of pyridine rings is 1. The number of rotatable bonds is 4. The van der Waals surface area contributed by atoms with Crippen molar-refractivity contribution in [3.63, 3.8) is 0 Å². The smallest absolute Gasteiger partial charge is 0.196 e. The molecular weight excluding hydrogens is 250 g/mol. The molecule has 1 saturated carbocycles. The van der Waals surface area contributed by atoms with Crippen LogP contribution >= 0.6 is 0 Å². The largest absolute Gasteiger partial charge is 0.367 e. The average Bonchev–Trinajstić information content (AvgIpc) is 2.96. The Morgan fingerprint density at radius 1 is 1.25 bits per heavy atom. The van der Waals surface area contributed by atoms with Crippen LogP contribution in [0.3, 0.4) is 0 Å². The van der Waals surface area contributed by atoms with Crippen LogP contribution in [0.15, 0.2) is 36.5 Å². The van der Waals surface area contributed by atoms with Crippen molar-refractivity contribution in [1.82, 2.24) is 4.98 Å². The van der Waals surface area contributed by atoms with Crippen molar-refractivity contribution in [1.29, 1.82) is 0 Å². The number of benzene rings is 1. The molecule has 1 aliphatic rings. The second-order valence-electron chi connectivity index (χ2n) is 5.34. The van der Waals surface area contributed by atoms with Gasteiger partial charge in [-0.05, 0) is 44.7 Å². The van der Waals surface area contributed by atoms with Gasteiger partial charge in [0.2, 0.25) is 0 Å². The van der Waals surface area contributed by atoms with E-state index >= 15 is 0 Å². The second-order valence-corrected chi connectivity index (χ2v) is 5.34. The van der Waals surface area contributed by atoms with Gasteiger partial charge in [0.25, 0.3) is 0 Å². The van der Waals surface area contributed by atoms with E-state index in [9.17, 15) is 4.79 Å². The Kier molecular flexibility index (Phi) is 3.53. The fourth-order valence-corrected chi connectivity index (χ4v) is 3.19. The molecule has 0 atom stereocenters. The van der Waals surface area contributed by atoms with E-state index in [1.807, 2.05) is 37.3 Å². The number of hydrogen-bond acceptors (Lipinski definition) is 3. The molecule has 1 aromatic heterocycles. The first-order chi connectivity index (χ1) is 9.77. The highest BCUT2D eigenvalue weighted by Crippen LogP contribution is 2.37. The fraction of sp³-hybridized carbons (Fsp3) is 0.412. The minimum atomic E-state index is -0.624. The molecule has 104 valence electrons. The Morgan fingerprint density at radius 3 is 2.75 bits per heavy atom. The van der Waals surface area contributed by atoms with Crippen LogP contribution in [0, 0.1) is 0 Å². The lowest BCUT2D eigenvalue weighted by atomic mass is 9.89. The van der Waals surface area contributed by atoms with Gasteiger partial charge in [0.05, 0.1) is 5.52 Å². The van der Waals surface area contributed by atoms with Gasteiger partial charge in [-0.3, -0.25) is 9.78 Å². The number of carbonyl (C=O) groups excluding carboxylic acids is 1. The van der Waals surface area contributed by atoms with Crippen LogP contribution in [0.4, 0.5) is 0 Å². The number of aromatic nitrogens is 1. The van der Waals surface area contributed by atoms with Gasteiger partial charge in [0.1, 0.15) is 5.60 Å². The number of nitrogens with zero attached hydrogens (tertiary/aromatic N) is 1. The quantitative estimate of drug-likeness (QED) is 0.793. The molecule has 0 spiro atoms. The third-order valence-electron chi connectivity index (χ3n) is 4.12. The molecule has 0 saturated heterocycles. The van der Waals surface area contributed by atoms with Crippen LogP contribution in [0.1, 0.15) is 43.0 Å². The van der Waals surface area contributed by atoms with Gasteiger partial charge in [-0.1, -0.05) is 18.2 Å². The highest BCUT2D eigenvalue weighted by atomic mass is 16.5. The normalized spacial score (nSPS) is 17.4. The third kappa shape index (κ3) is 2.12. The van der Waals surface area contributed by atoms with E-state index in [0.29, 0.717) is 12.2 Å². The minimum Gasteiger partial charge on any atom is -0.367 e. The Balaban J connectivity index is 2.08. The summed E-state index contributed by atoms with van der Waals surface area (Å²) < 4.78 is 5.88. The maximum Gasteiger partial charge on any atom is 0.196 e. The van der Waals surface area contributed by atoms with Crippen LogP contribution in [0.25, 0.3) is 10.9 Å². The van der Waals surface area contributed by atoms with Gasteiger partial charge in [-0.25, -0.2) is 0 Å². The molecule has 1 fully saturated rings. The zero-order valence-corrected chi connectivity index (χ0v) is 11.8. The molecule has 1 aromatic carbocycles. The molecule has 0 aliphatic heterocycles. The molecule has 0 radical (unpaired) electrons. The third-order valence-corrected chi connectivity index (χ3v) is 4.12. The summed E-state index contributed by atoms with van der Waals surface area (Å²) >= 11 is 0. The van der Waals surface area contributed by atoms with Crippen LogP contribution in [-0.4, -0.2) is 23.0 Å². The predicted octanol–water partition coefficient (Wildman–Crippen LogP) is 3.77. The van der Waals surface area contributed by atoms with Crippen LogP contribution < -0.4 is 0 Å². The summed E-state index contributed by atoms with van der Waals surface area (Å²) in [4.78, 5) is 17.4. The van der Waals surface area contributed by atoms with E-state index in [-0.39, 0.29) is 5.78 Å². The van der Waals surface area contributed by atoms with Gasteiger partial charge in [0, 0.05) is 23.8 Å². The zero-order chi connectivity index (χ0) is 14.0. The summed E-state index contributed by atoms with van der Waals surface area (Å²) in [5.41, 5.74) is 0.852. The molecule has 3 heteroatoms. The average molecular weight is 269 g/mol. The standard InChI is InChI=1S/C17H19NO2/c1-2-20-17(10-3-4-11-17)16(19)14-9-5-7-13-8-6-12-18-15(13)14/h5-9,12H,2-4,10-11H2,1H3. The van der Waals surface area contributed by atoms with Gasteiger partial charge in [-0.15, -0.1) is 0 Å². The molecule has 3 nitrogen and oxygen atoms in total. The molecule has 1 heterocycles. The lowest BCUT2D eigenvalue weighted by molar-refractivity contribution is -0.0162. The van der Waals surface area contributed by atoms with E-state index in [1.165, 1.54) is 0 Å². The van der Waals surface area contributed by atoms with E-state index in [4.69, 9.17) is 4.74 Å². The van der Waals surface area contributed by atoms with Crippen molar-refractivity contribution in [3.05, 3.63) is 42.1 Å². The molecule has 0 bridgehead atoms. The molecule has 0 amide bonds. The van der Waals surface area contributed by atoms with Gasteiger partial charge in [0.15, 0.2) is 5.78 Å². The summed E-state index contributed by atoms with van der Waals surface area (Å²) in [6.07, 6.45) is 5.50. The number of Topliss-reactive ketones (excluding diaryl/α,β-unsaturated/α-hetero) is 1. The number of carbonyl (C=O) groups is 1. The SMILES string of the molecule is CCOC1(C(=O)c2cccc3cccnc23)CCCC1. The Morgan fingerprint density at radius 2 is 2.00 bits per heavy atom. The monoisotopic (exact) mass is 269 g/mol. The lowest BCUT2D eigenvalue weighted by Crippen LogP contribution is -2.39. The van der Waals surface area contributed by atoms with Gasteiger partial charge in [-0.2, -0.15) is 0 Å². The number of para-hydroxylation sites is 1. The number of fused-ring (bicyclic) bond motifs is 1.